The molecule has 0 aliphatic rings. The molecule has 0 radical (unpaired) electrons. The molecule has 3 heteroatoms. The highest BCUT2D eigenvalue weighted by Gasteiger charge is 2.03. The van der Waals surface area contributed by atoms with Crippen molar-refractivity contribution in [1.29, 1.82) is 5.41 Å². The van der Waals surface area contributed by atoms with Crippen molar-refractivity contribution in [2.45, 2.75) is 12.8 Å². The van der Waals surface area contributed by atoms with Crippen molar-refractivity contribution in [2.24, 2.45) is 5.73 Å². The quantitative estimate of drug-likeness (QED) is 0.624. The zero-order valence-electron chi connectivity index (χ0n) is 11.8. The molecular formula is C17H21N3. The van der Waals surface area contributed by atoms with E-state index >= 15 is 0 Å². The van der Waals surface area contributed by atoms with Crippen molar-refractivity contribution >= 4 is 11.5 Å². The van der Waals surface area contributed by atoms with E-state index < -0.39 is 0 Å². The van der Waals surface area contributed by atoms with E-state index in [1.54, 1.807) is 0 Å². The monoisotopic (exact) mass is 267 g/mol. The Bertz CT molecular complexity index is 563. The van der Waals surface area contributed by atoms with Gasteiger partial charge in [0.2, 0.25) is 0 Å². The number of nitrogen functional groups attached to an aromatic ring is 1. The third-order valence-electron chi connectivity index (χ3n) is 3.40. The van der Waals surface area contributed by atoms with E-state index in [0.29, 0.717) is 0 Å². The molecule has 0 aliphatic heterocycles. The highest BCUT2D eigenvalue weighted by Crippen LogP contribution is 2.15. The minimum Gasteiger partial charge on any atom is -0.384 e. The van der Waals surface area contributed by atoms with Crippen LogP contribution < -0.4 is 10.6 Å². The van der Waals surface area contributed by atoms with Gasteiger partial charge in [0.25, 0.3) is 0 Å². The molecule has 3 nitrogen and oxygen atoms in total. The van der Waals surface area contributed by atoms with Gasteiger partial charge in [-0.1, -0.05) is 42.5 Å². The van der Waals surface area contributed by atoms with Crippen molar-refractivity contribution in [3.8, 4) is 0 Å². The van der Waals surface area contributed by atoms with Gasteiger partial charge in [0, 0.05) is 24.8 Å². The minimum atomic E-state index is 0.115. The van der Waals surface area contributed by atoms with Crippen molar-refractivity contribution in [2.75, 3.05) is 18.5 Å². The van der Waals surface area contributed by atoms with Gasteiger partial charge in [0.15, 0.2) is 0 Å². The lowest BCUT2D eigenvalue weighted by Gasteiger charge is -2.20. The predicted molar refractivity (Wildman–Crippen MR) is 85.5 cm³/mol. The Morgan fingerprint density at radius 2 is 1.85 bits per heavy atom. The number of hydrogen-bond donors (Lipinski definition) is 2. The van der Waals surface area contributed by atoms with E-state index in [0.717, 1.165) is 30.6 Å². The van der Waals surface area contributed by atoms with Gasteiger partial charge in [-0.05, 0) is 30.5 Å². The number of amidine groups is 1. The Morgan fingerprint density at radius 1 is 1.10 bits per heavy atom. The van der Waals surface area contributed by atoms with Crippen LogP contribution >= 0.6 is 0 Å². The Kier molecular flexibility index (Phi) is 4.77. The van der Waals surface area contributed by atoms with Gasteiger partial charge in [-0.25, -0.2) is 0 Å². The van der Waals surface area contributed by atoms with Gasteiger partial charge in [-0.15, -0.1) is 0 Å². The lowest BCUT2D eigenvalue weighted by atomic mass is 10.1. The molecule has 0 saturated carbocycles. The van der Waals surface area contributed by atoms with Crippen LogP contribution in [0.3, 0.4) is 0 Å². The standard InChI is InChI=1S/C17H21N3/c1-20(12-6-9-14-7-3-2-4-8-14)16-11-5-10-15(13-16)17(18)19/h2-5,7-8,10-11,13H,6,9,12H2,1H3,(H3,18,19). The van der Waals surface area contributed by atoms with E-state index in [2.05, 4.69) is 42.3 Å². The summed E-state index contributed by atoms with van der Waals surface area (Å²) < 4.78 is 0. The molecule has 0 bridgehead atoms. The maximum Gasteiger partial charge on any atom is 0.122 e. The maximum absolute atomic E-state index is 7.48. The smallest absolute Gasteiger partial charge is 0.122 e. The fourth-order valence-corrected chi connectivity index (χ4v) is 2.21. The molecule has 0 aromatic heterocycles. The van der Waals surface area contributed by atoms with Gasteiger partial charge in [-0.3, -0.25) is 5.41 Å². The largest absolute Gasteiger partial charge is 0.384 e. The Labute approximate surface area is 120 Å². The summed E-state index contributed by atoms with van der Waals surface area (Å²) in [6.45, 7) is 0.982. The average molecular weight is 267 g/mol. The van der Waals surface area contributed by atoms with E-state index in [4.69, 9.17) is 11.1 Å². The van der Waals surface area contributed by atoms with E-state index in [9.17, 15) is 0 Å². The molecule has 0 spiro atoms. The van der Waals surface area contributed by atoms with Crippen LogP contribution in [-0.2, 0) is 6.42 Å². The SMILES string of the molecule is CN(CCCc1ccccc1)c1cccc(C(=N)N)c1. The molecular weight excluding hydrogens is 246 g/mol. The summed E-state index contributed by atoms with van der Waals surface area (Å²) >= 11 is 0. The highest BCUT2D eigenvalue weighted by molar-refractivity contribution is 5.95. The van der Waals surface area contributed by atoms with Gasteiger partial charge in [-0.2, -0.15) is 0 Å². The van der Waals surface area contributed by atoms with Crippen molar-refractivity contribution in [1.82, 2.24) is 0 Å². The normalized spacial score (nSPS) is 10.2. The summed E-state index contributed by atoms with van der Waals surface area (Å²) in [5.74, 6) is 0.115. The molecule has 0 fully saturated rings. The Balaban J connectivity index is 1.90. The van der Waals surface area contributed by atoms with Crippen LogP contribution in [-0.4, -0.2) is 19.4 Å². The van der Waals surface area contributed by atoms with Crippen LogP contribution in [0, 0.1) is 5.41 Å². The van der Waals surface area contributed by atoms with E-state index in [-0.39, 0.29) is 5.84 Å². The molecule has 0 atom stereocenters. The van der Waals surface area contributed by atoms with Crippen molar-refractivity contribution in [3.05, 3.63) is 65.7 Å². The van der Waals surface area contributed by atoms with Gasteiger partial charge in [0.1, 0.15) is 5.84 Å². The summed E-state index contributed by atoms with van der Waals surface area (Å²) in [6.07, 6.45) is 2.18. The molecule has 0 aliphatic carbocycles. The van der Waals surface area contributed by atoms with Crippen LogP contribution in [0.1, 0.15) is 17.5 Å². The number of hydrogen-bond acceptors (Lipinski definition) is 2. The Morgan fingerprint density at radius 3 is 2.55 bits per heavy atom. The van der Waals surface area contributed by atoms with Crippen LogP contribution in [0.2, 0.25) is 0 Å². The van der Waals surface area contributed by atoms with Crippen LogP contribution in [0.15, 0.2) is 54.6 Å². The van der Waals surface area contributed by atoms with E-state index in [1.807, 2.05) is 24.3 Å². The fourth-order valence-electron chi connectivity index (χ4n) is 2.21. The van der Waals surface area contributed by atoms with Crippen LogP contribution in [0.25, 0.3) is 0 Å². The summed E-state index contributed by atoms with van der Waals surface area (Å²) in [4.78, 5) is 2.20. The molecule has 2 aromatic rings. The summed E-state index contributed by atoms with van der Waals surface area (Å²) in [7, 11) is 2.07. The summed E-state index contributed by atoms with van der Waals surface area (Å²) in [5, 5.41) is 7.48. The molecule has 20 heavy (non-hydrogen) atoms. The third kappa shape index (κ3) is 3.85. The number of nitrogens with one attached hydrogen (secondary N) is 1. The molecule has 0 amide bonds. The second-order valence-corrected chi connectivity index (χ2v) is 4.97. The minimum absolute atomic E-state index is 0.115. The average Bonchev–Trinajstić information content (AvgIpc) is 2.48. The summed E-state index contributed by atoms with van der Waals surface area (Å²) in [6, 6.07) is 18.4. The first-order chi connectivity index (χ1) is 9.66. The first kappa shape index (κ1) is 14.1. The second kappa shape index (κ2) is 6.75. The first-order valence-electron chi connectivity index (χ1n) is 6.86. The summed E-state index contributed by atoms with van der Waals surface area (Å²) in [5.41, 5.74) is 8.78. The number of benzene rings is 2. The molecule has 0 saturated heterocycles. The van der Waals surface area contributed by atoms with Crippen LogP contribution in [0.4, 0.5) is 5.69 Å². The maximum atomic E-state index is 7.48. The molecule has 3 N–H and O–H groups in total. The molecule has 0 heterocycles. The zero-order chi connectivity index (χ0) is 14.4. The van der Waals surface area contributed by atoms with Crippen molar-refractivity contribution in [3.63, 3.8) is 0 Å². The zero-order valence-corrected chi connectivity index (χ0v) is 11.8. The number of anilines is 1. The fraction of sp³-hybridized carbons (Fsp3) is 0.235. The number of nitrogens with zero attached hydrogens (tertiary/aromatic N) is 1. The predicted octanol–water partition coefficient (Wildman–Crippen LogP) is 3.04. The molecule has 104 valence electrons. The topological polar surface area (TPSA) is 53.1 Å². The molecule has 2 rings (SSSR count). The first-order valence-corrected chi connectivity index (χ1v) is 6.86. The van der Waals surface area contributed by atoms with Crippen molar-refractivity contribution < 1.29 is 0 Å². The lowest BCUT2D eigenvalue weighted by Crippen LogP contribution is -2.20. The third-order valence-corrected chi connectivity index (χ3v) is 3.40. The number of aryl methyl sites for hydroxylation is 1. The van der Waals surface area contributed by atoms with Crippen LogP contribution in [0.5, 0.6) is 0 Å². The number of rotatable bonds is 6. The lowest BCUT2D eigenvalue weighted by molar-refractivity contribution is 0.786. The molecule has 2 aromatic carbocycles. The highest BCUT2D eigenvalue weighted by atomic mass is 15.1. The van der Waals surface area contributed by atoms with Gasteiger partial charge in [0.05, 0.1) is 0 Å². The van der Waals surface area contributed by atoms with Gasteiger partial charge < -0.3 is 10.6 Å². The van der Waals surface area contributed by atoms with Gasteiger partial charge >= 0.3 is 0 Å². The van der Waals surface area contributed by atoms with E-state index in [1.165, 1.54) is 5.56 Å². The Hall–Kier alpha value is -2.29. The number of nitrogens with two attached hydrogens (primary N) is 1. The second-order valence-electron chi connectivity index (χ2n) is 4.97. The molecule has 0 unspecified atom stereocenters.